The molecule has 0 aliphatic heterocycles. The maximum Gasteiger partial charge on any atom is 0.472 e. The number of carbonyl (C=O) groups is 4. The van der Waals surface area contributed by atoms with Gasteiger partial charge in [0.05, 0.1) is 26.4 Å². The minimum atomic E-state index is -5.00. The van der Waals surface area contributed by atoms with E-state index in [2.05, 4.69) is 186 Å². The summed E-state index contributed by atoms with van der Waals surface area (Å²) in [4.78, 5) is 73.4. The number of aliphatic hydroxyl groups is 1. The first-order valence-corrected chi connectivity index (χ1v) is 46.7. The molecule has 0 amide bonds. The lowest BCUT2D eigenvalue weighted by Gasteiger charge is -2.21. The van der Waals surface area contributed by atoms with Crippen LogP contribution in [0, 0.1) is 0 Å². The van der Waals surface area contributed by atoms with Gasteiger partial charge >= 0.3 is 39.5 Å². The molecule has 0 spiro atoms. The fourth-order valence-electron chi connectivity index (χ4n) is 11.5. The summed E-state index contributed by atoms with van der Waals surface area (Å²) in [7, 11) is -9.99. The molecule has 0 aromatic carbocycles. The first-order chi connectivity index (χ1) is 54.7. The molecule has 0 fully saturated rings. The first-order valence-electron chi connectivity index (χ1n) is 43.7. The van der Waals surface area contributed by atoms with Crippen LogP contribution in [-0.4, -0.2) is 96.7 Å². The summed E-state index contributed by atoms with van der Waals surface area (Å²) in [5.74, 6) is -2.23. The highest BCUT2D eigenvalue weighted by atomic mass is 31.2. The summed E-state index contributed by atoms with van der Waals surface area (Å²) in [5.41, 5.74) is 0. The molecular formula is C93H156O17P2. The number of hydrogen-bond donors (Lipinski definition) is 3. The van der Waals surface area contributed by atoms with Gasteiger partial charge in [-0.1, -0.05) is 333 Å². The highest BCUT2D eigenvalue weighted by molar-refractivity contribution is 7.47. The van der Waals surface area contributed by atoms with Crippen molar-refractivity contribution in [1.82, 2.24) is 0 Å². The van der Waals surface area contributed by atoms with E-state index in [9.17, 15) is 43.2 Å². The molecule has 5 atom stereocenters. The van der Waals surface area contributed by atoms with Gasteiger partial charge < -0.3 is 33.8 Å². The van der Waals surface area contributed by atoms with Crippen LogP contribution in [0.4, 0.5) is 0 Å². The number of allylic oxidation sites excluding steroid dienone is 26. The van der Waals surface area contributed by atoms with Crippen LogP contribution < -0.4 is 0 Å². The zero-order valence-electron chi connectivity index (χ0n) is 70.3. The number of phosphoric ester groups is 2. The van der Waals surface area contributed by atoms with Crippen LogP contribution in [-0.2, 0) is 65.4 Å². The number of hydrogen-bond acceptors (Lipinski definition) is 15. The number of ether oxygens (including phenoxy) is 4. The standard InChI is InChI=1S/C93H156O17P2/c1-5-9-13-17-21-25-29-33-37-40-43-46-50-53-57-61-65-69-73-77-90(95)103-83-88(109-92(97)79-75-71-67-63-59-55-49-36-32-28-24-20-16-12-8-4)85-107-111(99,100)105-81-87(94)82-106-112(101,102)108-86-89(110-93(98)80-76-72-68-64-60-56-52-48-45-42-39-35-31-27-23-19-15-11-7-3)84-104-91(96)78-74-70-66-62-58-54-51-47-44-41-38-34-30-26-22-18-14-10-6-2/h9-11,13-15,21-23,25-27,33-35,37-39,43-48,54,58,87-89,94H,5-8,12,16-20,24,28-32,36,40-42,49-53,55-57,59-86H2,1-4H3,(H,99,100)(H,101,102)/b13-9-,14-10-,15-11-,25-21-,26-22-,27-23-,37-33-,38-34-,39-35-,46-43-,47-44-,48-45-,58-54-. The van der Waals surface area contributed by atoms with Gasteiger partial charge in [-0.05, 0) is 148 Å². The van der Waals surface area contributed by atoms with Crippen LogP contribution >= 0.6 is 15.6 Å². The Labute approximate surface area is 680 Å². The van der Waals surface area contributed by atoms with Crippen molar-refractivity contribution in [3.8, 4) is 0 Å². The Morgan fingerprint density at radius 1 is 0.259 bits per heavy atom. The molecule has 3 N–H and O–H groups in total. The smallest absolute Gasteiger partial charge is 0.462 e. The second-order valence-electron chi connectivity index (χ2n) is 28.7. The van der Waals surface area contributed by atoms with E-state index in [0.717, 1.165) is 205 Å². The van der Waals surface area contributed by atoms with Gasteiger partial charge in [0.25, 0.3) is 0 Å². The predicted molar refractivity (Wildman–Crippen MR) is 464 cm³/mol. The predicted octanol–water partition coefficient (Wildman–Crippen LogP) is 26.3. The maximum absolute atomic E-state index is 13.2. The lowest BCUT2D eigenvalue weighted by molar-refractivity contribution is -0.161. The summed E-state index contributed by atoms with van der Waals surface area (Å²) in [6.07, 6.45) is 99.1. The Hall–Kier alpha value is -5.32. The minimum Gasteiger partial charge on any atom is -0.462 e. The van der Waals surface area contributed by atoms with Gasteiger partial charge in [-0.25, -0.2) is 9.13 Å². The van der Waals surface area contributed by atoms with Crippen molar-refractivity contribution >= 4 is 39.5 Å². The molecule has 0 aromatic rings. The molecule has 0 aliphatic carbocycles. The van der Waals surface area contributed by atoms with Crippen molar-refractivity contribution in [2.24, 2.45) is 0 Å². The summed E-state index contributed by atoms with van der Waals surface area (Å²) in [6, 6.07) is 0. The third-order valence-corrected chi connectivity index (χ3v) is 19.9. The fourth-order valence-corrected chi connectivity index (χ4v) is 13.0. The molecule has 0 saturated carbocycles. The van der Waals surface area contributed by atoms with Gasteiger partial charge in [0.2, 0.25) is 0 Å². The SMILES string of the molecule is CC/C=C\C/C=C\C/C=C\C/C=C\C/C=C\CCCCCC(=O)OCC(COP(=O)(O)OCC(O)COP(=O)(O)OCC(COC(=O)CCCCCCCC/C=C\C/C=C\C/C=C\C/C=C\CC)OC(=O)CCCCCCCCCCCCCCCCC)OC(=O)CCCCCCCC/C=C\C/C=C\C/C=C\C/C=C\CC. The van der Waals surface area contributed by atoms with Crippen LogP contribution in [0.5, 0.6) is 0 Å². The molecule has 640 valence electrons. The maximum atomic E-state index is 13.2. The minimum absolute atomic E-state index is 0.0664. The van der Waals surface area contributed by atoms with Gasteiger partial charge in [0.15, 0.2) is 12.2 Å². The zero-order chi connectivity index (χ0) is 81.7. The lowest BCUT2D eigenvalue weighted by Crippen LogP contribution is -2.30. The molecule has 0 saturated heterocycles. The number of phosphoric acid groups is 2. The molecule has 19 heteroatoms. The third-order valence-electron chi connectivity index (χ3n) is 18.0. The van der Waals surface area contributed by atoms with E-state index in [0.29, 0.717) is 25.7 Å². The Kier molecular flexibility index (Phi) is 79.6. The van der Waals surface area contributed by atoms with E-state index in [1.165, 1.54) is 64.2 Å². The Morgan fingerprint density at radius 2 is 0.464 bits per heavy atom. The van der Waals surface area contributed by atoms with Gasteiger partial charge in [-0.3, -0.25) is 37.3 Å². The highest BCUT2D eigenvalue weighted by Crippen LogP contribution is 2.45. The van der Waals surface area contributed by atoms with Crippen molar-refractivity contribution in [1.29, 1.82) is 0 Å². The Morgan fingerprint density at radius 3 is 0.723 bits per heavy atom. The van der Waals surface area contributed by atoms with Crippen molar-refractivity contribution in [3.63, 3.8) is 0 Å². The molecule has 0 heterocycles. The highest BCUT2D eigenvalue weighted by Gasteiger charge is 2.30. The van der Waals surface area contributed by atoms with Crippen LogP contribution in [0.15, 0.2) is 158 Å². The number of rotatable bonds is 81. The zero-order valence-corrected chi connectivity index (χ0v) is 72.1. The monoisotopic (exact) mass is 1610 g/mol. The first kappa shape index (κ1) is 107. The topological polar surface area (TPSA) is 237 Å². The van der Waals surface area contributed by atoms with E-state index < -0.39 is 97.5 Å². The number of aliphatic hydroxyl groups excluding tert-OH is 1. The normalized spacial score (nSPS) is 14.5. The molecule has 0 radical (unpaired) electrons. The molecule has 0 bridgehead atoms. The van der Waals surface area contributed by atoms with E-state index in [4.69, 9.17) is 37.0 Å². The van der Waals surface area contributed by atoms with E-state index in [1.807, 2.05) is 0 Å². The number of esters is 4. The lowest BCUT2D eigenvalue weighted by atomic mass is 10.0. The van der Waals surface area contributed by atoms with Crippen molar-refractivity contribution in [2.75, 3.05) is 39.6 Å². The summed E-state index contributed by atoms with van der Waals surface area (Å²) < 4.78 is 68.9. The molecule has 0 aromatic heterocycles. The van der Waals surface area contributed by atoms with Crippen LogP contribution in [0.2, 0.25) is 0 Å². The van der Waals surface area contributed by atoms with Crippen molar-refractivity contribution in [2.45, 2.75) is 367 Å². The Bertz CT molecular complexity index is 2740. The van der Waals surface area contributed by atoms with Gasteiger partial charge in [0.1, 0.15) is 19.3 Å². The Balaban J connectivity index is 5.44. The molecule has 0 rings (SSSR count). The number of carbonyl (C=O) groups excluding carboxylic acids is 4. The second kappa shape index (κ2) is 83.6. The largest absolute Gasteiger partial charge is 0.472 e. The van der Waals surface area contributed by atoms with Crippen LogP contribution in [0.3, 0.4) is 0 Å². The van der Waals surface area contributed by atoms with E-state index in [1.54, 1.807) is 0 Å². The quantitative estimate of drug-likeness (QED) is 0.0169. The van der Waals surface area contributed by atoms with Gasteiger partial charge in [0, 0.05) is 25.7 Å². The van der Waals surface area contributed by atoms with Crippen molar-refractivity contribution in [3.05, 3.63) is 158 Å². The second-order valence-corrected chi connectivity index (χ2v) is 31.6. The average molecular weight is 1610 g/mol. The molecule has 5 unspecified atom stereocenters. The average Bonchev–Trinajstić information content (AvgIpc) is 0.898. The van der Waals surface area contributed by atoms with E-state index in [-0.39, 0.29) is 25.7 Å². The molecular weight excluding hydrogens is 1450 g/mol. The molecule has 0 aliphatic rings. The van der Waals surface area contributed by atoms with E-state index >= 15 is 0 Å². The van der Waals surface area contributed by atoms with Gasteiger partial charge in [-0.15, -0.1) is 0 Å². The van der Waals surface area contributed by atoms with Gasteiger partial charge in [-0.2, -0.15) is 0 Å². The van der Waals surface area contributed by atoms with Crippen LogP contribution in [0.25, 0.3) is 0 Å². The number of unbranched alkanes of at least 4 members (excludes halogenated alkanes) is 29. The summed E-state index contributed by atoms with van der Waals surface area (Å²) in [6.45, 7) is 4.52. The van der Waals surface area contributed by atoms with Crippen LogP contribution in [0.1, 0.15) is 349 Å². The third kappa shape index (κ3) is 82.7. The molecule has 17 nitrogen and oxygen atoms in total. The van der Waals surface area contributed by atoms with Crippen molar-refractivity contribution < 1.29 is 80.2 Å². The summed E-state index contributed by atoms with van der Waals surface area (Å²) >= 11 is 0. The fraction of sp³-hybridized carbons (Fsp3) is 0.677. The molecule has 112 heavy (non-hydrogen) atoms. The summed E-state index contributed by atoms with van der Waals surface area (Å²) in [5, 5.41) is 10.7.